The Bertz CT molecular complexity index is 207. The van der Waals surface area contributed by atoms with Crippen LogP contribution in [0.3, 0.4) is 0 Å². The monoisotopic (exact) mass is 406 g/mol. The van der Waals surface area contributed by atoms with Crippen molar-refractivity contribution < 1.29 is 4.79 Å². The number of unbranched alkanes of at least 4 members (excludes halogenated alkanes) is 3. The van der Waals surface area contributed by atoms with Crippen molar-refractivity contribution in [1.82, 2.24) is 0 Å². The first-order valence-electron chi connectivity index (χ1n) is 7.66. The first-order chi connectivity index (χ1) is 9.17. The molecule has 0 fully saturated rings. The van der Waals surface area contributed by atoms with Crippen molar-refractivity contribution in [2.75, 3.05) is 0 Å². The van der Waals surface area contributed by atoms with Gasteiger partial charge >= 0.3 is 0 Å². The van der Waals surface area contributed by atoms with E-state index in [1.54, 1.807) is 6.07 Å². The van der Waals surface area contributed by atoms with E-state index in [2.05, 4.69) is 41.5 Å². The van der Waals surface area contributed by atoms with Gasteiger partial charge < -0.3 is 0 Å². The maximum atomic E-state index is 9.88. The fourth-order valence-electron chi connectivity index (χ4n) is 0.358. The quantitative estimate of drug-likeness (QED) is 0.408. The molecular formula is C17H34OSSn. The molecule has 0 saturated heterocycles. The minimum atomic E-state index is 0. The Balaban J connectivity index is -0.0000000881. The maximum absolute atomic E-state index is 9.88. The molecule has 20 heavy (non-hydrogen) atoms. The number of hydrogen-bond donors (Lipinski definition) is 0. The molecule has 0 aliphatic rings. The average molecular weight is 405 g/mol. The van der Waals surface area contributed by atoms with Crippen LogP contribution in [0.2, 0.25) is 0 Å². The van der Waals surface area contributed by atoms with Crippen molar-refractivity contribution in [3.63, 3.8) is 0 Å². The molecule has 3 heteroatoms. The molecule has 0 spiro atoms. The molecule has 0 aliphatic heterocycles. The molecule has 0 atom stereocenters. The third kappa shape index (κ3) is 36.2. The number of rotatable bonds is 4. The van der Waals surface area contributed by atoms with E-state index < -0.39 is 0 Å². The zero-order chi connectivity index (χ0) is 15.4. The smallest absolute Gasteiger partial charge is 0.159 e. The second kappa shape index (κ2) is 31.5. The van der Waals surface area contributed by atoms with E-state index in [9.17, 15) is 4.79 Å². The van der Waals surface area contributed by atoms with Crippen LogP contribution in [0.1, 0.15) is 89.7 Å². The van der Waals surface area contributed by atoms with Crippen molar-refractivity contribution >= 4 is 41.5 Å². The van der Waals surface area contributed by atoms with Crippen LogP contribution in [-0.4, -0.2) is 30.2 Å². The van der Waals surface area contributed by atoms with Gasteiger partial charge in [-0.1, -0.05) is 86.1 Å². The number of hydrogen-bond acceptors (Lipinski definition) is 2. The molecule has 0 unspecified atom stereocenters. The Morgan fingerprint density at radius 3 is 1.30 bits per heavy atom. The summed E-state index contributed by atoms with van der Waals surface area (Å²) in [5.41, 5.74) is 0. The molecule has 4 radical (unpaired) electrons. The van der Waals surface area contributed by atoms with E-state index in [1.807, 2.05) is 11.4 Å². The van der Waals surface area contributed by atoms with E-state index in [4.69, 9.17) is 0 Å². The van der Waals surface area contributed by atoms with Crippen LogP contribution >= 0.6 is 11.3 Å². The van der Waals surface area contributed by atoms with Gasteiger partial charge in [-0.25, -0.2) is 0 Å². The van der Waals surface area contributed by atoms with Crippen molar-refractivity contribution in [3.05, 3.63) is 22.4 Å². The minimum absolute atomic E-state index is 0. The molecule has 1 rings (SSSR count). The van der Waals surface area contributed by atoms with Gasteiger partial charge in [-0.05, 0) is 11.4 Å². The number of thiophene rings is 1. The summed E-state index contributed by atoms with van der Waals surface area (Å²) < 4.78 is 0. The van der Waals surface area contributed by atoms with Crippen LogP contribution in [0.25, 0.3) is 0 Å². The third-order valence-corrected chi connectivity index (χ3v) is 2.96. The number of aldehydes is 1. The molecule has 0 N–H and O–H groups in total. The molecular weight excluding hydrogens is 371 g/mol. The standard InChI is InChI=1S/C5H4OS.3C4H10.Sn/c6-4-5-2-1-3-7-5;3*1-3-4-2;/h1-4H;3*3-4H2,1-2H3;. The van der Waals surface area contributed by atoms with Crippen LogP contribution in [0, 0.1) is 0 Å². The Morgan fingerprint density at radius 1 is 0.850 bits per heavy atom. The Kier molecular flexibility index (Phi) is 44.7. The molecule has 1 nitrogen and oxygen atoms in total. The second-order valence-corrected chi connectivity index (χ2v) is 5.11. The first-order valence-corrected chi connectivity index (χ1v) is 8.54. The summed E-state index contributed by atoms with van der Waals surface area (Å²) >= 11 is 1.45. The Labute approximate surface area is 148 Å². The maximum Gasteiger partial charge on any atom is 0.159 e. The summed E-state index contributed by atoms with van der Waals surface area (Å²) in [6, 6.07) is 3.64. The van der Waals surface area contributed by atoms with Crippen LogP contribution in [0.4, 0.5) is 0 Å². The van der Waals surface area contributed by atoms with Crippen molar-refractivity contribution in [2.45, 2.75) is 80.1 Å². The largest absolute Gasteiger partial charge is 0.297 e. The fraction of sp³-hybridized carbons (Fsp3) is 0.706. The van der Waals surface area contributed by atoms with Crippen molar-refractivity contribution in [2.24, 2.45) is 0 Å². The predicted octanol–water partition coefficient (Wildman–Crippen LogP) is 6.60. The minimum Gasteiger partial charge on any atom is -0.297 e. The van der Waals surface area contributed by atoms with Gasteiger partial charge in [0.1, 0.15) is 0 Å². The van der Waals surface area contributed by atoms with Crippen LogP contribution in [-0.2, 0) is 0 Å². The van der Waals surface area contributed by atoms with E-state index in [0.29, 0.717) is 0 Å². The summed E-state index contributed by atoms with van der Waals surface area (Å²) in [4.78, 5) is 10.7. The average Bonchev–Trinajstić information content (AvgIpc) is 3.01. The van der Waals surface area contributed by atoms with E-state index in [-0.39, 0.29) is 23.9 Å². The number of carbonyl (C=O) groups is 1. The molecule has 0 aliphatic carbocycles. The van der Waals surface area contributed by atoms with Gasteiger partial charge in [0.05, 0.1) is 4.88 Å². The first kappa shape index (κ1) is 28.3. The molecule has 1 aromatic heterocycles. The fourth-order valence-corrected chi connectivity index (χ4v) is 0.885. The Hall–Kier alpha value is 0.169. The van der Waals surface area contributed by atoms with Gasteiger partial charge in [-0.15, -0.1) is 11.3 Å². The molecule has 0 amide bonds. The summed E-state index contributed by atoms with van der Waals surface area (Å²) in [6.45, 7) is 13.1. The summed E-state index contributed by atoms with van der Waals surface area (Å²) in [5.74, 6) is 0. The Morgan fingerprint density at radius 2 is 1.20 bits per heavy atom. The zero-order valence-corrected chi connectivity index (χ0v) is 18.0. The van der Waals surface area contributed by atoms with Crippen LogP contribution in [0.15, 0.2) is 17.5 Å². The van der Waals surface area contributed by atoms with E-state index in [1.165, 1.54) is 49.9 Å². The van der Waals surface area contributed by atoms with Crippen LogP contribution < -0.4 is 0 Å². The van der Waals surface area contributed by atoms with E-state index >= 15 is 0 Å². The molecule has 118 valence electrons. The topological polar surface area (TPSA) is 17.1 Å². The summed E-state index contributed by atoms with van der Waals surface area (Å²) in [6.07, 6.45) is 8.77. The van der Waals surface area contributed by atoms with Gasteiger partial charge in [0.15, 0.2) is 6.29 Å². The normalized spacial score (nSPS) is 7.50. The van der Waals surface area contributed by atoms with Gasteiger partial charge in [-0.3, -0.25) is 4.79 Å². The molecule has 0 saturated carbocycles. The van der Waals surface area contributed by atoms with E-state index in [0.717, 1.165) is 11.2 Å². The van der Waals surface area contributed by atoms with Crippen molar-refractivity contribution in [1.29, 1.82) is 0 Å². The number of carbonyl (C=O) groups excluding carboxylic acids is 1. The van der Waals surface area contributed by atoms with Crippen LogP contribution in [0.5, 0.6) is 0 Å². The molecule has 0 aromatic carbocycles. The summed E-state index contributed by atoms with van der Waals surface area (Å²) in [5, 5.41) is 1.88. The predicted molar refractivity (Wildman–Crippen MR) is 97.2 cm³/mol. The summed E-state index contributed by atoms with van der Waals surface area (Å²) in [7, 11) is 0. The molecule has 1 heterocycles. The SMILES string of the molecule is CCCC.CCCC.CCCC.O=Cc1cccs1.[Sn]. The van der Waals surface area contributed by atoms with Gasteiger partial charge in [0, 0.05) is 23.9 Å². The third-order valence-electron chi connectivity index (χ3n) is 2.16. The van der Waals surface area contributed by atoms with Gasteiger partial charge in [0.25, 0.3) is 0 Å². The van der Waals surface area contributed by atoms with Gasteiger partial charge in [-0.2, -0.15) is 0 Å². The zero-order valence-electron chi connectivity index (χ0n) is 14.4. The molecule has 1 aromatic rings. The molecule has 0 bridgehead atoms. The second-order valence-electron chi connectivity index (χ2n) is 4.13. The van der Waals surface area contributed by atoms with Gasteiger partial charge in [0.2, 0.25) is 0 Å². The van der Waals surface area contributed by atoms with Crippen molar-refractivity contribution in [3.8, 4) is 0 Å².